The molecule has 1 aromatic heterocycles. The number of nitrogens with zero attached hydrogens (tertiary/aromatic N) is 3. The van der Waals surface area contributed by atoms with E-state index in [0.717, 1.165) is 48.1 Å². The number of carbonyl (C=O) groups excluding carboxylic acids is 1. The molecule has 0 atom stereocenters. The maximum absolute atomic E-state index is 13.3. The van der Waals surface area contributed by atoms with Gasteiger partial charge in [0.15, 0.2) is 5.13 Å². The van der Waals surface area contributed by atoms with Gasteiger partial charge in [-0.05, 0) is 31.0 Å². The molecule has 6 nitrogen and oxygen atoms in total. The van der Waals surface area contributed by atoms with Crippen LogP contribution >= 0.6 is 23.1 Å². The van der Waals surface area contributed by atoms with Crippen LogP contribution in [-0.4, -0.2) is 40.9 Å². The van der Waals surface area contributed by atoms with Crippen LogP contribution in [0.4, 0.5) is 28.8 Å². The summed E-state index contributed by atoms with van der Waals surface area (Å²) >= 11 is 2.25. The minimum atomic E-state index is -4.50. The van der Waals surface area contributed by atoms with Gasteiger partial charge >= 0.3 is 18.2 Å². The van der Waals surface area contributed by atoms with Crippen molar-refractivity contribution in [3.8, 4) is 0 Å². The number of urea groups is 1. The number of carbonyl (C=O) groups is 2. The van der Waals surface area contributed by atoms with Gasteiger partial charge in [-0.2, -0.15) is 13.2 Å². The summed E-state index contributed by atoms with van der Waals surface area (Å²) in [4.78, 5) is 30.9. The van der Waals surface area contributed by atoms with Gasteiger partial charge in [0.1, 0.15) is 0 Å². The van der Waals surface area contributed by atoms with Crippen LogP contribution in [0.2, 0.25) is 0 Å². The van der Waals surface area contributed by atoms with E-state index in [0.29, 0.717) is 22.2 Å². The smallest absolute Gasteiger partial charge is 0.416 e. The molecule has 1 N–H and O–H groups in total. The summed E-state index contributed by atoms with van der Waals surface area (Å²) in [6.45, 7) is 0. The Morgan fingerprint density at radius 3 is 2.63 bits per heavy atom. The van der Waals surface area contributed by atoms with Gasteiger partial charge in [-0.1, -0.05) is 30.2 Å². The Kier molecular flexibility index (Phi) is 6.91. The molecular formula is C19H20F3N3O3S2. The van der Waals surface area contributed by atoms with Crippen LogP contribution in [-0.2, 0) is 11.0 Å². The normalized spacial score (nSPS) is 14.7. The molecule has 0 unspecified atom stereocenters. The molecule has 2 aromatic rings. The molecule has 11 heteroatoms. The molecule has 0 bridgehead atoms. The Morgan fingerprint density at radius 2 is 2.00 bits per heavy atom. The zero-order valence-corrected chi connectivity index (χ0v) is 17.7. The van der Waals surface area contributed by atoms with Crippen molar-refractivity contribution >= 4 is 45.9 Å². The molecule has 0 aliphatic heterocycles. The van der Waals surface area contributed by atoms with E-state index in [1.54, 1.807) is 0 Å². The standard InChI is InChI=1S/C19H20F3N3O3S2/c1-24(17-23-10-16(30-17)29-11-15(26)27)18(28)25(13-6-2-3-7-13)14-8-4-5-12(9-14)19(20,21)22/h4-5,8-10,13H,2-3,6-7,11H2,1H3,(H,26,27). The summed E-state index contributed by atoms with van der Waals surface area (Å²) in [6.07, 6.45) is 0.231. The molecule has 1 aliphatic rings. The van der Waals surface area contributed by atoms with E-state index in [4.69, 9.17) is 5.11 Å². The Hall–Kier alpha value is -2.27. The Morgan fingerprint density at radius 1 is 1.30 bits per heavy atom. The zero-order chi connectivity index (χ0) is 21.9. The summed E-state index contributed by atoms with van der Waals surface area (Å²) in [7, 11) is 1.52. The van der Waals surface area contributed by atoms with Crippen molar-refractivity contribution < 1.29 is 27.9 Å². The fraction of sp³-hybridized carbons (Fsp3) is 0.421. The second-order valence-electron chi connectivity index (χ2n) is 6.84. The van der Waals surface area contributed by atoms with Gasteiger partial charge in [-0.3, -0.25) is 14.6 Å². The van der Waals surface area contributed by atoms with E-state index in [1.807, 2.05) is 0 Å². The second-order valence-corrected chi connectivity index (χ2v) is 9.13. The van der Waals surface area contributed by atoms with Gasteiger partial charge in [-0.15, -0.1) is 11.8 Å². The quantitative estimate of drug-likeness (QED) is 0.590. The highest BCUT2D eigenvalue weighted by Crippen LogP contribution is 2.36. The van der Waals surface area contributed by atoms with Crippen molar-refractivity contribution in [2.75, 3.05) is 22.6 Å². The first kappa shape index (κ1) is 22.4. The molecule has 0 radical (unpaired) electrons. The lowest BCUT2D eigenvalue weighted by molar-refractivity contribution is -0.137. The average molecular weight is 460 g/mol. The van der Waals surface area contributed by atoms with Gasteiger partial charge in [0.25, 0.3) is 0 Å². The number of thiazole rings is 1. The maximum Gasteiger partial charge on any atom is 0.416 e. The number of carboxylic acid groups (broad SMARTS) is 1. The highest BCUT2D eigenvalue weighted by Gasteiger charge is 2.35. The lowest BCUT2D eigenvalue weighted by atomic mass is 10.1. The monoisotopic (exact) mass is 459 g/mol. The number of alkyl halides is 3. The first-order valence-electron chi connectivity index (χ1n) is 9.21. The number of benzene rings is 1. The molecule has 1 aromatic carbocycles. The summed E-state index contributed by atoms with van der Waals surface area (Å²) < 4.78 is 40.2. The van der Waals surface area contributed by atoms with Crippen LogP contribution in [0.15, 0.2) is 34.7 Å². The van der Waals surface area contributed by atoms with Crippen molar-refractivity contribution in [2.45, 2.75) is 42.1 Å². The van der Waals surface area contributed by atoms with Crippen molar-refractivity contribution in [1.82, 2.24) is 4.98 Å². The van der Waals surface area contributed by atoms with Crippen LogP contribution in [0.5, 0.6) is 0 Å². The molecular weight excluding hydrogens is 439 g/mol. The minimum absolute atomic E-state index is 0.127. The van der Waals surface area contributed by atoms with E-state index in [9.17, 15) is 22.8 Å². The fourth-order valence-corrected chi connectivity index (χ4v) is 4.96. The first-order chi connectivity index (χ1) is 14.2. The lowest BCUT2D eigenvalue weighted by Gasteiger charge is -2.32. The highest BCUT2D eigenvalue weighted by molar-refractivity contribution is 8.01. The third-order valence-electron chi connectivity index (χ3n) is 4.73. The van der Waals surface area contributed by atoms with Crippen LogP contribution in [0.3, 0.4) is 0 Å². The Bertz CT molecular complexity index is 914. The number of carboxylic acids is 1. The van der Waals surface area contributed by atoms with Gasteiger partial charge in [0.2, 0.25) is 0 Å². The predicted octanol–water partition coefficient (Wildman–Crippen LogP) is 5.34. The largest absolute Gasteiger partial charge is 0.481 e. The molecule has 2 amide bonds. The van der Waals surface area contributed by atoms with Gasteiger partial charge in [0.05, 0.1) is 21.7 Å². The maximum atomic E-state index is 13.3. The SMILES string of the molecule is CN(C(=O)N(c1cccc(C(F)(F)F)c1)C1CCCC1)c1ncc(SCC(=O)O)s1. The van der Waals surface area contributed by atoms with Crippen molar-refractivity contribution in [3.05, 3.63) is 36.0 Å². The van der Waals surface area contributed by atoms with Crippen molar-refractivity contribution in [2.24, 2.45) is 0 Å². The molecule has 1 aliphatic carbocycles. The van der Waals surface area contributed by atoms with E-state index in [2.05, 4.69) is 4.98 Å². The van der Waals surface area contributed by atoms with Crippen molar-refractivity contribution in [1.29, 1.82) is 0 Å². The van der Waals surface area contributed by atoms with E-state index >= 15 is 0 Å². The minimum Gasteiger partial charge on any atom is -0.481 e. The van der Waals surface area contributed by atoms with E-state index < -0.39 is 23.7 Å². The summed E-state index contributed by atoms with van der Waals surface area (Å²) in [6, 6.07) is 4.14. The zero-order valence-electron chi connectivity index (χ0n) is 16.1. The Labute approximate surface area is 179 Å². The van der Waals surface area contributed by atoms with Crippen molar-refractivity contribution in [3.63, 3.8) is 0 Å². The topological polar surface area (TPSA) is 73.7 Å². The number of rotatable bonds is 6. The molecule has 0 spiro atoms. The summed E-state index contributed by atoms with van der Waals surface area (Å²) in [5.41, 5.74) is -0.606. The summed E-state index contributed by atoms with van der Waals surface area (Å²) in [5, 5.41) is 9.14. The average Bonchev–Trinajstić information content (AvgIpc) is 3.38. The number of halogens is 3. The van der Waals surface area contributed by atoms with Crippen LogP contribution < -0.4 is 9.80 Å². The van der Waals surface area contributed by atoms with Gasteiger partial charge < -0.3 is 5.11 Å². The number of aromatic nitrogens is 1. The number of anilines is 2. The molecule has 1 heterocycles. The van der Waals surface area contributed by atoms with Gasteiger partial charge in [0, 0.05) is 18.8 Å². The molecule has 30 heavy (non-hydrogen) atoms. The molecule has 3 rings (SSSR count). The third kappa shape index (κ3) is 5.25. The number of hydrogen-bond acceptors (Lipinski definition) is 5. The third-order valence-corrected chi connectivity index (χ3v) is 6.98. The highest BCUT2D eigenvalue weighted by atomic mass is 32.2. The van der Waals surface area contributed by atoms with Crippen LogP contribution in [0.25, 0.3) is 0 Å². The van der Waals surface area contributed by atoms with Gasteiger partial charge in [-0.25, -0.2) is 9.78 Å². The number of amides is 2. The number of thioether (sulfide) groups is 1. The molecule has 1 fully saturated rings. The number of aliphatic carboxylic acids is 1. The van der Waals surface area contributed by atoms with Crippen LogP contribution in [0, 0.1) is 0 Å². The number of hydrogen-bond donors (Lipinski definition) is 1. The first-order valence-corrected chi connectivity index (χ1v) is 11.0. The second kappa shape index (κ2) is 9.25. The van der Waals surface area contributed by atoms with Crippen LogP contribution in [0.1, 0.15) is 31.2 Å². The predicted molar refractivity (Wildman–Crippen MR) is 110 cm³/mol. The van der Waals surface area contributed by atoms with E-state index in [-0.39, 0.29) is 17.5 Å². The fourth-order valence-electron chi connectivity index (χ4n) is 3.32. The molecule has 1 saturated carbocycles. The molecule has 162 valence electrons. The Balaban J connectivity index is 1.87. The lowest BCUT2D eigenvalue weighted by Crippen LogP contribution is -2.46. The summed E-state index contributed by atoms with van der Waals surface area (Å²) in [5.74, 6) is -1.09. The van der Waals surface area contributed by atoms with E-state index in [1.165, 1.54) is 35.2 Å². The molecule has 0 saturated heterocycles.